The molecule has 0 N–H and O–H groups in total. The van der Waals surface area contributed by atoms with Crippen molar-refractivity contribution >= 4 is 17.8 Å². The molecule has 0 aromatic heterocycles. The van der Waals surface area contributed by atoms with E-state index in [1.54, 1.807) is 13.0 Å². The second kappa shape index (κ2) is 6.08. The summed E-state index contributed by atoms with van der Waals surface area (Å²) in [5, 5.41) is 0. The number of hydrogen-bond donors (Lipinski definition) is 0. The Labute approximate surface area is 168 Å². The van der Waals surface area contributed by atoms with Crippen LogP contribution in [0.1, 0.15) is 38.3 Å². The number of ether oxygens (including phenoxy) is 3. The van der Waals surface area contributed by atoms with Gasteiger partial charge in [0.1, 0.15) is 6.10 Å². The van der Waals surface area contributed by atoms with Crippen molar-refractivity contribution in [3.63, 3.8) is 0 Å². The molecule has 2 aliphatic heterocycles. The quantitative estimate of drug-likeness (QED) is 0.431. The minimum atomic E-state index is -0.531. The molecule has 1 aromatic carbocycles. The van der Waals surface area contributed by atoms with Gasteiger partial charge < -0.3 is 19.1 Å². The van der Waals surface area contributed by atoms with Crippen LogP contribution >= 0.6 is 0 Å². The van der Waals surface area contributed by atoms with Crippen molar-refractivity contribution in [2.24, 2.45) is 5.92 Å². The van der Waals surface area contributed by atoms with Crippen molar-refractivity contribution in [2.75, 3.05) is 6.54 Å². The standard InChI is InChI=1S/C22H23NO6/c1-11(24)23-9-8-22-15-5-7-18(28-13(3)26)21(22)29-20-17(27-12(2)25)6-4-14(19(20)22)10-16(15)23/h4-7,15-16,18,21H,8-10H2,1-3H3/t15-,16+,18-,21+,22-/m0/s1. The highest BCUT2D eigenvalue weighted by atomic mass is 16.6. The molecule has 1 fully saturated rings. The van der Waals surface area contributed by atoms with E-state index in [0.29, 0.717) is 30.9 Å². The summed E-state index contributed by atoms with van der Waals surface area (Å²) in [5.74, 6) is 0.303. The second-order valence-corrected chi connectivity index (χ2v) is 8.32. The summed E-state index contributed by atoms with van der Waals surface area (Å²) in [5.41, 5.74) is 1.74. The highest BCUT2D eigenvalue weighted by molar-refractivity contribution is 5.76. The zero-order valence-electron chi connectivity index (χ0n) is 16.6. The summed E-state index contributed by atoms with van der Waals surface area (Å²) in [6, 6.07) is 3.75. The van der Waals surface area contributed by atoms with Crippen molar-refractivity contribution in [3.05, 3.63) is 35.4 Å². The van der Waals surface area contributed by atoms with Gasteiger partial charge in [-0.2, -0.15) is 0 Å². The van der Waals surface area contributed by atoms with Crippen LogP contribution in [-0.2, 0) is 31.0 Å². The van der Waals surface area contributed by atoms with Gasteiger partial charge in [-0.1, -0.05) is 12.1 Å². The fourth-order valence-corrected chi connectivity index (χ4v) is 5.95. The van der Waals surface area contributed by atoms with Crippen molar-refractivity contribution in [3.8, 4) is 11.5 Å². The summed E-state index contributed by atoms with van der Waals surface area (Å²) in [6.07, 6.45) is 4.44. The van der Waals surface area contributed by atoms with Crippen LogP contribution in [0, 0.1) is 5.92 Å². The molecule has 2 bridgehead atoms. The van der Waals surface area contributed by atoms with Gasteiger partial charge in [0.2, 0.25) is 5.91 Å². The molecule has 5 atom stereocenters. The molecule has 5 rings (SSSR count). The largest absolute Gasteiger partial charge is 0.481 e. The average molecular weight is 397 g/mol. The number of piperidine rings is 1. The summed E-state index contributed by atoms with van der Waals surface area (Å²) in [6.45, 7) is 4.98. The number of rotatable bonds is 2. The van der Waals surface area contributed by atoms with Gasteiger partial charge in [0.05, 0.1) is 5.41 Å². The van der Waals surface area contributed by atoms with Crippen LogP contribution in [-0.4, -0.2) is 47.5 Å². The van der Waals surface area contributed by atoms with E-state index in [1.165, 1.54) is 13.8 Å². The Morgan fingerprint density at radius 3 is 2.62 bits per heavy atom. The molecule has 1 aromatic rings. The topological polar surface area (TPSA) is 82.1 Å². The first-order valence-corrected chi connectivity index (χ1v) is 9.97. The zero-order valence-corrected chi connectivity index (χ0v) is 16.6. The smallest absolute Gasteiger partial charge is 0.308 e. The number of esters is 2. The minimum absolute atomic E-state index is 0.0277. The van der Waals surface area contributed by atoms with E-state index in [1.807, 2.05) is 17.0 Å². The predicted molar refractivity (Wildman–Crippen MR) is 102 cm³/mol. The van der Waals surface area contributed by atoms with Gasteiger partial charge in [-0.25, -0.2) is 0 Å². The molecule has 0 unspecified atom stereocenters. The normalized spacial score (nSPS) is 32.9. The van der Waals surface area contributed by atoms with Gasteiger partial charge in [0.15, 0.2) is 17.6 Å². The molecule has 7 nitrogen and oxygen atoms in total. The third-order valence-corrected chi connectivity index (χ3v) is 6.80. The lowest BCUT2D eigenvalue weighted by Crippen LogP contribution is -2.66. The van der Waals surface area contributed by atoms with Gasteiger partial charge in [0, 0.05) is 44.8 Å². The van der Waals surface area contributed by atoms with Crippen LogP contribution in [0.5, 0.6) is 11.5 Å². The average Bonchev–Trinajstić information content (AvgIpc) is 2.98. The fourth-order valence-electron chi connectivity index (χ4n) is 5.95. The van der Waals surface area contributed by atoms with Gasteiger partial charge in [-0.3, -0.25) is 14.4 Å². The first-order valence-electron chi connectivity index (χ1n) is 9.97. The predicted octanol–water partition coefficient (Wildman–Crippen LogP) is 1.91. The van der Waals surface area contributed by atoms with Crippen molar-refractivity contribution < 1.29 is 28.6 Å². The molecule has 0 radical (unpaired) electrons. The number of benzene rings is 1. The molecular formula is C22H23NO6. The molecule has 1 spiro atoms. The van der Waals surface area contributed by atoms with Crippen LogP contribution < -0.4 is 9.47 Å². The molecule has 7 heteroatoms. The number of amides is 1. The van der Waals surface area contributed by atoms with Crippen molar-refractivity contribution in [1.82, 2.24) is 4.90 Å². The van der Waals surface area contributed by atoms with Crippen LogP contribution in [0.3, 0.4) is 0 Å². The Kier molecular flexibility index (Phi) is 3.82. The first-order chi connectivity index (χ1) is 13.8. The maximum absolute atomic E-state index is 12.3. The van der Waals surface area contributed by atoms with Gasteiger partial charge in [-0.15, -0.1) is 0 Å². The molecule has 2 heterocycles. The van der Waals surface area contributed by atoms with Crippen molar-refractivity contribution in [2.45, 2.75) is 57.3 Å². The van der Waals surface area contributed by atoms with Crippen LogP contribution in [0.2, 0.25) is 0 Å². The number of likely N-dealkylation sites (tertiary alicyclic amines) is 1. The lowest BCUT2D eigenvalue weighted by atomic mass is 9.53. The maximum atomic E-state index is 12.3. The van der Waals surface area contributed by atoms with Gasteiger partial charge >= 0.3 is 11.9 Å². The van der Waals surface area contributed by atoms with Gasteiger partial charge in [0.25, 0.3) is 0 Å². The van der Waals surface area contributed by atoms with E-state index in [0.717, 1.165) is 11.1 Å². The molecule has 29 heavy (non-hydrogen) atoms. The minimum Gasteiger partial charge on any atom is -0.481 e. The maximum Gasteiger partial charge on any atom is 0.308 e. The van der Waals surface area contributed by atoms with E-state index in [2.05, 4.69) is 6.08 Å². The Morgan fingerprint density at radius 2 is 1.93 bits per heavy atom. The van der Waals surface area contributed by atoms with Crippen LogP contribution in [0.4, 0.5) is 0 Å². The Hall–Kier alpha value is -2.83. The third-order valence-electron chi connectivity index (χ3n) is 6.80. The number of hydrogen-bond acceptors (Lipinski definition) is 6. The van der Waals surface area contributed by atoms with E-state index < -0.39 is 23.6 Å². The van der Waals surface area contributed by atoms with Crippen LogP contribution in [0.25, 0.3) is 0 Å². The molecule has 152 valence electrons. The highest BCUT2D eigenvalue weighted by Crippen LogP contribution is 2.62. The van der Waals surface area contributed by atoms with E-state index in [4.69, 9.17) is 14.2 Å². The summed E-state index contributed by atoms with van der Waals surface area (Å²) in [4.78, 5) is 37.6. The lowest BCUT2D eigenvalue weighted by molar-refractivity contribution is -0.153. The second-order valence-electron chi connectivity index (χ2n) is 8.32. The molecule has 0 saturated carbocycles. The van der Waals surface area contributed by atoms with Crippen molar-refractivity contribution in [1.29, 1.82) is 0 Å². The fraction of sp³-hybridized carbons (Fsp3) is 0.500. The lowest BCUT2D eigenvalue weighted by Gasteiger charge is -2.57. The van der Waals surface area contributed by atoms with Gasteiger partial charge in [-0.05, 0) is 30.5 Å². The Morgan fingerprint density at radius 1 is 1.14 bits per heavy atom. The Balaban J connectivity index is 1.71. The number of carbonyl (C=O) groups is 3. The summed E-state index contributed by atoms with van der Waals surface area (Å²) in [7, 11) is 0. The molecule has 1 saturated heterocycles. The highest BCUT2D eigenvalue weighted by Gasteiger charge is 2.65. The third kappa shape index (κ3) is 2.39. The number of nitrogens with zero attached hydrogens (tertiary/aromatic N) is 1. The number of carbonyl (C=O) groups excluding carboxylic acids is 3. The molecular weight excluding hydrogens is 374 g/mol. The molecule has 2 aliphatic carbocycles. The monoisotopic (exact) mass is 397 g/mol. The molecule has 1 amide bonds. The van der Waals surface area contributed by atoms with E-state index >= 15 is 0 Å². The Bertz CT molecular complexity index is 968. The first kappa shape index (κ1) is 18.2. The summed E-state index contributed by atoms with van der Waals surface area (Å²) >= 11 is 0. The van der Waals surface area contributed by atoms with E-state index in [9.17, 15) is 14.4 Å². The summed E-state index contributed by atoms with van der Waals surface area (Å²) < 4.78 is 17.4. The SMILES string of the molecule is CC(=O)Oc1ccc2c3c1O[C@@H]1[C@@H](OC(C)=O)C=C[C@H]4[C@@H](C2)N(C(C)=O)CC[C@]314. The zero-order chi connectivity index (χ0) is 20.5. The van der Waals surface area contributed by atoms with E-state index in [-0.39, 0.29) is 23.8 Å². The molecule has 4 aliphatic rings. The van der Waals surface area contributed by atoms with Crippen LogP contribution in [0.15, 0.2) is 24.3 Å².